The van der Waals surface area contributed by atoms with E-state index in [9.17, 15) is 8.42 Å². The van der Waals surface area contributed by atoms with E-state index in [2.05, 4.69) is 225 Å². The van der Waals surface area contributed by atoms with Crippen molar-refractivity contribution >= 4 is 31.9 Å². The number of pyridine rings is 2. The average molecular weight is 1350 g/mol. The third kappa shape index (κ3) is 14.2. The van der Waals surface area contributed by atoms with Gasteiger partial charge in [0, 0.05) is 87.0 Å². The molecule has 6 aromatic heterocycles. The molecule has 0 unspecified atom stereocenters. The summed E-state index contributed by atoms with van der Waals surface area (Å²) in [5, 5.41) is 24.9. The van der Waals surface area contributed by atoms with Crippen LogP contribution in [-0.4, -0.2) is 135 Å². The van der Waals surface area contributed by atoms with E-state index in [1.165, 1.54) is 0 Å². The van der Waals surface area contributed by atoms with Gasteiger partial charge in [-0.25, -0.2) is 19.3 Å². The quantitative estimate of drug-likeness (QED) is 0.0664. The Kier molecular flexibility index (Phi) is 20.3. The molecule has 4 saturated heterocycles. The van der Waals surface area contributed by atoms with E-state index in [0.29, 0.717) is 70.3 Å². The van der Waals surface area contributed by atoms with Crippen LogP contribution in [0.15, 0.2) is 219 Å². The minimum atomic E-state index is -3.28. The van der Waals surface area contributed by atoms with Gasteiger partial charge in [0.2, 0.25) is 11.8 Å². The second-order valence-electron chi connectivity index (χ2n) is 25.6. The fourth-order valence-electron chi connectivity index (χ4n) is 14.3. The van der Waals surface area contributed by atoms with Crippen LogP contribution in [0.2, 0.25) is 0 Å². The van der Waals surface area contributed by atoms with Gasteiger partial charge in [-0.2, -0.15) is 28.8 Å². The minimum absolute atomic E-state index is 0.0181. The molecule has 19 nitrogen and oxygen atoms in total. The van der Waals surface area contributed by atoms with Crippen molar-refractivity contribution in [3.8, 4) is 34.3 Å². The zero-order valence-electron chi connectivity index (χ0n) is 56.0. The Morgan fingerprint density at radius 2 is 0.798 bits per heavy atom. The molecule has 0 saturated carbocycles. The van der Waals surface area contributed by atoms with Crippen LogP contribution < -0.4 is 9.47 Å². The first-order valence-corrected chi connectivity index (χ1v) is 36.1. The van der Waals surface area contributed by atoms with Crippen molar-refractivity contribution in [2.24, 2.45) is 0 Å². The van der Waals surface area contributed by atoms with Gasteiger partial charge in [0.05, 0.1) is 79.0 Å². The first-order valence-electron chi connectivity index (χ1n) is 34.3. The number of ether oxygens (including phenoxy) is 6. The number of aryl methyl sites for hydroxylation is 2. The number of nitrogens with zero attached hydrogens (tertiary/aromatic N) is 9. The number of aromatic nitrogens is 10. The maximum Gasteiger partial charge on any atom is 0.264 e. The molecule has 99 heavy (non-hydrogen) atoms. The molecule has 0 atom stereocenters. The van der Waals surface area contributed by atoms with Gasteiger partial charge in [-0.05, 0) is 85.0 Å². The predicted octanol–water partition coefficient (Wildman–Crippen LogP) is 14.0. The Balaban J connectivity index is 0.000000147. The van der Waals surface area contributed by atoms with E-state index >= 15 is 0 Å². The standard InChI is InChI=1S/C39H39N5O3.C34H31N5O2.C6H12O4S/c1-28-25-35-36(38(41-28)47-34-19-23-46-24-20-34)37(29-26-40-43(27-29)33-17-21-45-22-18-33)42-44(35)39(30-11-5-2-6-12-30,31-13-7-3-8-14-31)32-15-9-4-10-16-32;1-24-21-30-31(33(37-24)41-29-17-19-40-20-18-29)32(25-22-35-36-23-25)38-39(30)34(26-11-5-2-6-12-26,27-13-7-3-8-14-27)28-15-9-4-10-16-28;1-11(7,8)10-6-2-4-9-5-3-6/h2-16,25-27,33-34H,17-24H2,1H3;2-16,21-23,29H,17-20H2,1H3,(H,35,36);6H,2-5H2,1H3. The van der Waals surface area contributed by atoms with E-state index in [0.717, 1.165) is 147 Å². The number of fused-ring (bicyclic) bond motifs is 2. The summed E-state index contributed by atoms with van der Waals surface area (Å²) in [6, 6.07) is 68.3. The SMILES string of the molecule is CS(=O)(=O)OC1CCOCC1.Cc1cc2c(c(OC3CCOCC3)n1)c(-c1cn[nH]c1)nn2C(c1ccccc1)(c1ccccc1)c1ccccc1.Cc1cc2c(c(OC3CCOCC3)n1)c(-c1cnn(C3CCOCC3)c1)nn2C(c1ccccc1)(c1ccccc1)c1ccccc1. The molecule has 508 valence electrons. The van der Waals surface area contributed by atoms with Crippen LogP contribution in [0, 0.1) is 13.8 Å². The Hall–Kier alpha value is -9.67. The van der Waals surface area contributed by atoms with Crippen LogP contribution in [-0.2, 0) is 44.3 Å². The number of aromatic amines is 1. The molecule has 0 spiro atoms. The molecular weight excluding hydrogens is 1260 g/mol. The maximum atomic E-state index is 10.6. The zero-order valence-corrected chi connectivity index (χ0v) is 56.8. The maximum absolute atomic E-state index is 10.6. The normalized spacial score (nSPS) is 16.2. The Morgan fingerprint density at radius 3 is 1.14 bits per heavy atom. The summed E-state index contributed by atoms with van der Waals surface area (Å²) >= 11 is 0. The number of hydrogen-bond donors (Lipinski definition) is 1. The van der Waals surface area contributed by atoms with Crippen LogP contribution in [0.4, 0.5) is 0 Å². The summed E-state index contributed by atoms with van der Waals surface area (Å²) in [5.74, 6) is 1.20. The van der Waals surface area contributed by atoms with Crippen molar-refractivity contribution in [2.45, 2.75) is 101 Å². The molecule has 0 bridgehead atoms. The fourth-order valence-corrected chi connectivity index (χ4v) is 14.9. The summed E-state index contributed by atoms with van der Waals surface area (Å²) < 4.78 is 67.9. The van der Waals surface area contributed by atoms with E-state index in [-0.39, 0.29) is 18.3 Å². The lowest BCUT2D eigenvalue weighted by Gasteiger charge is -2.37. The highest BCUT2D eigenvalue weighted by Crippen LogP contribution is 2.48. The highest BCUT2D eigenvalue weighted by Gasteiger charge is 2.44. The second-order valence-corrected chi connectivity index (χ2v) is 27.2. The summed E-state index contributed by atoms with van der Waals surface area (Å²) in [6.45, 7) is 9.48. The molecule has 0 radical (unpaired) electrons. The van der Waals surface area contributed by atoms with Crippen molar-refractivity contribution in [1.82, 2.24) is 49.5 Å². The largest absolute Gasteiger partial charge is 0.474 e. The molecule has 6 aromatic carbocycles. The Morgan fingerprint density at radius 1 is 0.455 bits per heavy atom. The first-order chi connectivity index (χ1) is 48.5. The monoisotopic (exact) mass is 1350 g/mol. The molecule has 10 heterocycles. The molecule has 16 rings (SSSR count). The Bertz CT molecular complexity index is 4500. The molecule has 12 aromatic rings. The molecule has 0 amide bonds. The number of rotatable bonds is 17. The van der Waals surface area contributed by atoms with E-state index in [4.69, 9.17) is 57.9 Å². The van der Waals surface area contributed by atoms with Gasteiger partial charge >= 0.3 is 0 Å². The van der Waals surface area contributed by atoms with Gasteiger partial charge in [-0.15, -0.1) is 0 Å². The average Bonchev–Trinajstić information content (AvgIpc) is 1.64. The minimum Gasteiger partial charge on any atom is -0.474 e. The van der Waals surface area contributed by atoms with Crippen LogP contribution in [0.25, 0.3) is 44.3 Å². The van der Waals surface area contributed by atoms with E-state index in [1.54, 1.807) is 6.20 Å². The van der Waals surface area contributed by atoms with E-state index < -0.39 is 21.2 Å². The highest BCUT2D eigenvalue weighted by atomic mass is 32.2. The van der Waals surface area contributed by atoms with Gasteiger partial charge in [0.25, 0.3) is 10.1 Å². The van der Waals surface area contributed by atoms with Crippen LogP contribution >= 0.6 is 0 Å². The van der Waals surface area contributed by atoms with Gasteiger partial charge < -0.3 is 28.4 Å². The van der Waals surface area contributed by atoms with Crippen LogP contribution in [0.5, 0.6) is 11.8 Å². The molecular formula is C79H82N10O9S. The van der Waals surface area contributed by atoms with Crippen molar-refractivity contribution in [3.05, 3.63) is 264 Å². The van der Waals surface area contributed by atoms with Gasteiger partial charge in [-0.3, -0.25) is 14.0 Å². The van der Waals surface area contributed by atoms with Crippen LogP contribution in [0.3, 0.4) is 0 Å². The lowest BCUT2D eigenvalue weighted by Crippen LogP contribution is -2.38. The lowest BCUT2D eigenvalue weighted by atomic mass is 9.77. The van der Waals surface area contributed by atoms with Gasteiger partial charge in [-0.1, -0.05) is 182 Å². The first kappa shape index (κ1) is 66.6. The smallest absolute Gasteiger partial charge is 0.264 e. The van der Waals surface area contributed by atoms with Gasteiger partial charge in [0.15, 0.2) is 0 Å². The van der Waals surface area contributed by atoms with Crippen molar-refractivity contribution in [3.63, 3.8) is 0 Å². The van der Waals surface area contributed by atoms with Crippen molar-refractivity contribution in [1.29, 1.82) is 0 Å². The van der Waals surface area contributed by atoms with Crippen molar-refractivity contribution in [2.75, 3.05) is 59.1 Å². The lowest BCUT2D eigenvalue weighted by molar-refractivity contribution is 0.0241. The molecule has 0 aliphatic carbocycles. The number of benzene rings is 6. The predicted molar refractivity (Wildman–Crippen MR) is 380 cm³/mol. The third-order valence-electron chi connectivity index (χ3n) is 18.9. The molecule has 4 fully saturated rings. The summed E-state index contributed by atoms with van der Waals surface area (Å²) in [5.41, 5.74) is 12.0. The number of nitrogens with one attached hydrogen (secondary N) is 1. The molecule has 20 heteroatoms. The topological polar surface area (TPSA) is 207 Å². The Labute approximate surface area is 577 Å². The molecule has 4 aliphatic heterocycles. The molecule has 4 aliphatic rings. The third-order valence-corrected chi connectivity index (χ3v) is 19.5. The zero-order chi connectivity index (χ0) is 67.6. The van der Waals surface area contributed by atoms with Crippen molar-refractivity contribution < 1.29 is 41.0 Å². The fraction of sp³-hybridized carbons (Fsp3) is 0.316. The van der Waals surface area contributed by atoms with Gasteiger partial charge in [0.1, 0.15) is 34.7 Å². The highest BCUT2D eigenvalue weighted by molar-refractivity contribution is 7.86. The van der Waals surface area contributed by atoms with Crippen LogP contribution in [0.1, 0.15) is 102 Å². The second kappa shape index (κ2) is 30.2. The summed E-state index contributed by atoms with van der Waals surface area (Å²) in [6.07, 6.45) is 15.2. The summed E-state index contributed by atoms with van der Waals surface area (Å²) in [7, 11) is -3.28. The number of hydrogen-bond acceptors (Lipinski definition) is 15. The summed E-state index contributed by atoms with van der Waals surface area (Å²) in [4.78, 5) is 9.96. The molecule has 1 N–H and O–H groups in total. The van der Waals surface area contributed by atoms with E-state index in [1.807, 2.05) is 26.2 Å². The number of H-pyrrole nitrogens is 1.